The van der Waals surface area contributed by atoms with Crippen LogP contribution in [-0.4, -0.2) is 19.6 Å². The van der Waals surface area contributed by atoms with Gasteiger partial charge in [-0.15, -0.1) is 0 Å². The number of rotatable bonds is 4. The van der Waals surface area contributed by atoms with Crippen LogP contribution in [0.2, 0.25) is 0 Å². The summed E-state index contributed by atoms with van der Waals surface area (Å²) in [5, 5.41) is 2.01. The van der Waals surface area contributed by atoms with E-state index in [1.165, 1.54) is 6.92 Å². The van der Waals surface area contributed by atoms with Crippen molar-refractivity contribution in [1.29, 1.82) is 0 Å². The summed E-state index contributed by atoms with van der Waals surface area (Å²) in [6, 6.07) is 0. The van der Waals surface area contributed by atoms with Crippen LogP contribution in [0.5, 0.6) is 0 Å². The van der Waals surface area contributed by atoms with E-state index in [4.69, 9.17) is 0 Å². The van der Waals surface area contributed by atoms with Crippen molar-refractivity contribution in [2.45, 2.75) is 6.92 Å². The van der Waals surface area contributed by atoms with Gasteiger partial charge in [-0.05, 0) is 0 Å². The molecule has 1 unspecified atom stereocenters. The van der Waals surface area contributed by atoms with E-state index in [0.29, 0.717) is 0 Å². The standard InChI is InChI=1S/C11H10F5NO2/c1-4(11(18)19-2)3-17-10-8(15)6(13)5(12)7(14)9(10)16/h4,17H,3H2,1-2H3. The van der Waals surface area contributed by atoms with Gasteiger partial charge in [0, 0.05) is 6.54 Å². The average Bonchev–Trinajstić information content (AvgIpc) is 2.41. The number of methoxy groups -OCH3 is 1. The number of nitrogens with one attached hydrogen (secondary N) is 1. The maximum absolute atomic E-state index is 13.2. The van der Waals surface area contributed by atoms with Crippen molar-refractivity contribution >= 4 is 11.7 Å². The lowest BCUT2D eigenvalue weighted by molar-refractivity contribution is -0.144. The normalized spacial score (nSPS) is 12.2. The topological polar surface area (TPSA) is 38.3 Å². The summed E-state index contributed by atoms with van der Waals surface area (Å²) < 4.78 is 69.3. The molecule has 0 aromatic heterocycles. The van der Waals surface area contributed by atoms with Crippen LogP contribution in [0.15, 0.2) is 0 Å². The molecular weight excluding hydrogens is 273 g/mol. The van der Waals surface area contributed by atoms with Gasteiger partial charge in [-0.1, -0.05) is 6.92 Å². The van der Waals surface area contributed by atoms with Gasteiger partial charge in [0.25, 0.3) is 0 Å². The fourth-order valence-corrected chi connectivity index (χ4v) is 1.30. The van der Waals surface area contributed by atoms with E-state index in [1.807, 2.05) is 5.32 Å². The molecule has 8 heteroatoms. The number of anilines is 1. The van der Waals surface area contributed by atoms with Gasteiger partial charge in [-0.2, -0.15) is 0 Å². The van der Waals surface area contributed by atoms with Crippen LogP contribution >= 0.6 is 0 Å². The molecule has 1 N–H and O–H groups in total. The number of hydrogen-bond acceptors (Lipinski definition) is 3. The number of carbonyl (C=O) groups excluding carboxylic acids is 1. The minimum atomic E-state index is -2.23. The quantitative estimate of drug-likeness (QED) is 0.399. The molecule has 1 rings (SSSR count). The Hall–Kier alpha value is -1.86. The number of benzene rings is 1. The molecule has 0 heterocycles. The molecule has 0 aliphatic heterocycles. The Labute approximate surface area is 105 Å². The van der Waals surface area contributed by atoms with E-state index < -0.39 is 46.7 Å². The predicted octanol–water partition coefficient (Wildman–Crippen LogP) is 2.60. The van der Waals surface area contributed by atoms with Crippen molar-refractivity contribution < 1.29 is 31.5 Å². The molecule has 0 bridgehead atoms. The molecule has 0 radical (unpaired) electrons. The van der Waals surface area contributed by atoms with Gasteiger partial charge in [0.1, 0.15) is 5.69 Å². The highest BCUT2D eigenvalue weighted by atomic mass is 19.2. The van der Waals surface area contributed by atoms with Crippen molar-refractivity contribution in [2.75, 3.05) is 19.0 Å². The Morgan fingerprint density at radius 2 is 1.47 bits per heavy atom. The molecular formula is C11H10F5NO2. The number of esters is 1. The van der Waals surface area contributed by atoms with Gasteiger partial charge < -0.3 is 10.1 Å². The Bertz CT molecular complexity index is 477. The fraction of sp³-hybridized carbons (Fsp3) is 0.364. The highest BCUT2D eigenvalue weighted by molar-refractivity contribution is 5.72. The van der Waals surface area contributed by atoms with Crippen LogP contribution in [0.4, 0.5) is 27.6 Å². The first-order valence-electron chi connectivity index (χ1n) is 5.14. The molecule has 0 spiro atoms. The SMILES string of the molecule is COC(=O)C(C)CNc1c(F)c(F)c(F)c(F)c1F. The summed E-state index contributed by atoms with van der Waals surface area (Å²) in [4.78, 5) is 11.0. The zero-order valence-electron chi connectivity index (χ0n) is 9.99. The summed E-state index contributed by atoms with van der Waals surface area (Å²) in [5.41, 5.74) is -1.17. The van der Waals surface area contributed by atoms with Gasteiger partial charge in [0.05, 0.1) is 13.0 Å². The summed E-state index contributed by atoms with van der Waals surface area (Å²) >= 11 is 0. The van der Waals surface area contributed by atoms with Gasteiger partial charge >= 0.3 is 5.97 Å². The zero-order chi connectivity index (χ0) is 14.7. The number of carbonyl (C=O) groups is 1. The first kappa shape index (κ1) is 15.2. The molecule has 0 aliphatic carbocycles. The van der Waals surface area contributed by atoms with Crippen LogP contribution in [0, 0.1) is 35.0 Å². The predicted molar refractivity (Wildman–Crippen MR) is 55.9 cm³/mol. The lowest BCUT2D eigenvalue weighted by Gasteiger charge is -2.13. The first-order chi connectivity index (χ1) is 8.81. The van der Waals surface area contributed by atoms with Gasteiger partial charge in [0.15, 0.2) is 23.3 Å². The molecule has 1 aromatic rings. The van der Waals surface area contributed by atoms with Gasteiger partial charge in [-0.3, -0.25) is 4.79 Å². The highest BCUT2D eigenvalue weighted by Gasteiger charge is 2.26. The third-order valence-electron chi connectivity index (χ3n) is 2.40. The van der Waals surface area contributed by atoms with E-state index in [-0.39, 0.29) is 6.54 Å². The van der Waals surface area contributed by atoms with Crippen LogP contribution in [-0.2, 0) is 9.53 Å². The number of ether oxygens (including phenoxy) is 1. The minimum absolute atomic E-state index is 0.342. The van der Waals surface area contributed by atoms with E-state index >= 15 is 0 Å². The summed E-state index contributed by atoms with van der Waals surface area (Å²) in [6.07, 6.45) is 0. The molecule has 0 saturated carbocycles. The van der Waals surface area contributed by atoms with E-state index in [2.05, 4.69) is 4.74 Å². The smallest absolute Gasteiger partial charge is 0.310 e. The number of hydrogen-bond donors (Lipinski definition) is 1. The lowest BCUT2D eigenvalue weighted by atomic mass is 10.1. The number of halogens is 5. The maximum Gasteiger partial charge on any atom is 0.310 e. The van der Waals surface area contributed by atoms with Crippen LogP contribution in [0.3, 0.4) is 0 Å². The summed E-state index contributed by atoms with van der Waals surface area (Å²) in [6.45, 7) is 1.02. The highest BCUT2D eigenvalue weighted by Crippen LogP contribution is 2.27. The molecule has 0 fully saturated rings. The molecule has 0 amide bonds. The van der Waals surface area contributed by atoms with E-state index in [9.17, 15) is 26.7 Å². The maximum atomic E-state index is 13.2. The van der Waals surface area contributed by atoms with Crippen molar-refractivity contribution in [3.8, 4) is 0 Å². The zero-order valence-corrected chi connectivity index (χ0v) is 9.99. The third kappa shape index (κ3) is 2.94. The Kier molecular flexibility index (Phi) is 4.68. The fourth-order valence-electron chi connectivity index (χ4n) is 1.30. The minimum Gasteiger partial charge on any atom is -0.469 e. The van der Waals surface area contributed by atoms with Crippen molar-refractivity contribution in [3.05, 3.63) is 29.1 Å². The second kappa shape index (κ2) is 5.85. The van der Waals surface area contributed by atoms with Crippen LogP contribution < -0.4 is 5.32 Å². The average molecular weight is 283 g/mol. The second-order valence-electron chi connectivity index (χ2n) is 3.75. The molecule has 106 valence electrons. The third-order valence-corrected chi connectivity index (χ3v) is 2.40. The largest absolute Gasteiger partial charge is 0.469 e. The molecule has 3 nitrogen and oxygen atoms in total. The molecule has 0 aliphatic rings. The summed E-state index contributed by atoms with van der Waals surface area (Å²) in [7, 11) is 1.11. The monoisotopic (exact) mass is 283 g/mol. The molecule has 0 saturated heterocycles. The van der Waals surface area contributed by atoms with Crippen LogP contribution in [0.25, 0.3) is 0 Å². The Morgan fingerprint density at radius 3 is 1.89 bits per heavy atom. The van der Waals surface area contributed by atoms with Crippen molar-refractivity contribution in [1.82, 2.24) is 0 Å². The lowest BCUT2D eigenvalue weighted by Crippen LogP contribution is -2.23. The molecule has 1 atom stereocenters. The first-order valence-corrected chi connectivity index (χ1v) is 5.14. The molecule has 19 heavy (non-hydrogen) atoms. The van der Waals surface area contributed by atoms with Crippen molar-refractivity contribution in [3.63, 3.8) is 0 Å². The van der Waals surface area contributed by atoms with Crippen molar-refractivity contribution in [2.24, 2.45) is 5.92 Å². The Balaban J connectivity index is 3.00. The second-order valence-corrected chi connectivity index (χ2v) is 3.75. The van der Waals surface area contributed by atoms with E-state index in [0.717, 1.165) is 7.11 Å². The van der Waals surface area contributed by atoms with Gasteiger partial charge in [0.2, 0.25) is 5.82 Å². The van der Waals surface area contributed by atoms with Crippen LogP contribution in [0.1, 0.15) is 6.92 Å². The van der Waals surface area contributed by atoms with E-state index in [1.54, 1.807) is 0 Å². The molecule has 1 aromatic carbocycles. The summed E-state index contributed by atoms with van der Waals surface area (Å²) in [5.74, 6) is -11.8. The van der Waals surface area contributed by atoms with Gasteiger partial charge in [-0.25, -0.2) is 22.0 Å². The Morgan fingerprint density at radius 1 is 1.05 bits per heavy atom.